The van der Waals surface area contributed by atoms with Crippen LogP contribution in [-0.4, -0.2) is 25.3 Å². The number of thioether (sulfide) groups is 1. The lowest BCUT2D eigenvalue weighted by Gasteiger charge is -1.96. The molecule has 0 bridgehead atoms. The molecule has 0 aliphatic carbocycles. The first-order valence-electron chi connectivity index (χ1n) is 7.23. The summed E-state index contributed by atoms with van der Waals surface area (Å²) in [7, 11) is 0. The molecule has 0 spiro atoms. The van der Waals surface area contributed by atoms with Crippen molar-refractivity contribution >= 4 is 11.8 Å². The molecule has 3 rings (SSSR count). The monoisotopic (exact) mass is 333 g/mol. The average Bonchev–Trinajstić information content (AvgIpc) is 3.14. The zero-order chi connectivity index (χ0) is 16.2. The van der Waals surface area contributed by atoms with Crippen molar-refractivity contribution < 1.29 is 8.91 Å². The van der Waals surface area contributed by atoms with Crippen LogP contribution >= 0.6 is 11.8 Å². The van der Waals surface area contributed by atoms with Crippen molar-refractivity contribution in [2.45, 2.75) is 31.2 Å². The minimum atomic E-state index is -0.336. The predicted octanol–water partition coefficient (Wildman–Crippen LogP) is 3.48. The average molecular weight is 333 g/mol. The summed E-state index contributed by atoms with van der Waals surface area (Å²) in [6.45, 7) is 4.19. The number of nitrogens with one attached hydrogen (secondary N) is 1. The molecule has 0 radical (unpaired) electrons. The summed E-state index contributed by atoms with van der Waals surface area (Å²) in [5.41, 5.74) is 0.394. The second kappa shape index (κ2) is 6.91. The molecule has 8 heteroatoms. The van der Waals surface area contributed by atoms with E-state index >= 15 is 0 Å². The highest BCUT2D eigenvalue weighted by molar-refractivity contribution is 7.98. The van der Waals surface area contributed by atoms with Crippen molar-refractivity contribution in [3.63, 3.8) is 0 Å². The number of hydrogen-bond donors (Lipinski definition) is 1. The molecule has 0 amide bonds. The molecule has 1 N–H and O–H groups in total. The van der Waals surface area contributed by atoms with Crippen molar-refractivity contribution in [2.75, 3.05) is 0 Å². The van der Waals surface area contributed by atoms with Gasteiger partial charge in [-0.3, -0.25) is 5.10 Å². The molecule has 0 aliphatic rings. The Kier molecular flexibility index (Phi) is 4.71. The summed E-state index contributed by atoms with van der Waals surface area (Å²) in [6, 6.07) is 6.43. The highest BCUT2D eigenvalue weighted by Gasteiger charge is 2.12. The molecule has 0 saturated carbocycles. The highest BCUT2D eigenvalue weighted by Crippen LogP contribution is 2.23. The fraction of sp³-hybridized carbons (Fsp3) is 0.333. The number of halogens is 1. The van der Waals surface area contributed by atoms with Crippen molar-refractivity contribution in [3.05, 3.63) is 41.8 Å². The van der Waals surface area contributed by atoms with E-state index in [2.05, 4.69) is 39.2 Å². The quantitative estimate of drug-likeness (QED) is 0.696. The van der Waals surface area contributed by atoms with Crippen LogP contribution in [-0.2, 0) is 12.2 Å². The molecule has 2 heterocycles. The largest absolute Gasteiger partial charge is 0.339 e. The second-order valence-corrected chi connectivity index (χ2v) is 6.38. The SMILES string of the molecule is CC(C)Cc1nc(CSc2n[nH]c(-c3ccccc3F)n2)no1. The van der Waals surface area contributed by atoms with Gasteiger partial charge in [0.1, 0.15) is 5.82 Å². The van der Waals surface area contributed by atoms with Crippen molar-refractivity contribution in [1.82, 2.24) is 25.3 Å². The zero-order valence-corrected chi connectivity index (χ0v) is 13.6. The standard InChI is InChI=1S/C15H16FN5OS/c1-9(2)7-13-17-12(21-22-13)8-23-15-18-14(19-20-15)10-5-3-4-6-11(10)16/h3-6,9H,7-8H2,1-2H3,(H,18,19,20). The van der Waals surface area contributed by atoms with E-state index < -0.39 is 0 Å². The zero-order valence-electron chi connectivity index (χ0n) is 12.8. The maximum atomic E-state index is 13.7. The molecule has 0 fully saturated rings. The van der Waals surface area contributed by atoms with E-state index in [1.54, 1.807) is 18.2 Å². The lowest BCUT2D eigenvalue weighted by atomic mass is 10.1. The van der Waals surface area contributed by atoms with Gasteiger partial charge in [-0.25, -0.2) is 9.37 Å². The fourth-order valence-corrected chi connectivity index (χ4v) is 2.64. The highest BCUT2D eigenvalue weighted by atomic mass is 32.2. The van der Waals surface area contributed by atoms with Gasteiger partial charge in [0.15, 0.2) is 11.6 Å². The van der Waals surface area contributed by atoms with Crippen LogP contribution in [0.3, 0.4) is 0 Å². The predicted molar refractivity (Wildman–Crippen MR) is 84.2 cm³/mol. The number of H-pyrrole nitrogens is 1. The number of hydrogen-bond acceptors (Lipinski definition) is 6. The summed E-state index contributed by atoms with van der Waals surface area (Å²) < 4.78 is 18.9. The van der Waals surface area contributed by atoms with E-state index in [9.17, 15) is 4.39 Å². The Morgan fingerprint density at radius 3 is 2.87 bits per heavy atom. The maximum absolute atomic E-state index is 13.7. The number of rotatable bonds is 6. The van der Waals surface area contributed by atoms with E-state index in [1.165, 1.54) is 17.8 Å². The first-order valence-corrected chi connectivity index (χ1v) is 8.22. The van der Waals surface area contributed by atoms with E-state index in [1.807, 2.05) is 0 Å². The number of benzene rings is 1. The van der Waals surface area contributed by atoms with Gasteiger partial charge in [-0.1, -0.05) is 42.9 Å². The molecular formula is C15H16FN5OS. The molecule has 3 aromatic rings. The molecule has 0 atom stereocenters. The van der Waals surface area contributed by atoms with Gasteiger partial charge in [0.25, 0.3) is 0 Å². The molecule has 0 aliphatic heterocycles. The van der Waals surface area contributed by atoms with Gasteiger partial charge in [0.05, 0.1) is 11.3 Å². The van der Waals surface area contributed by atoms with Crippen LogP contribution in [0, 0.1) is 11.7 Å². The van der Waals surface area contributed by atoms with E-state index in [0.717, 1.165) is 6.42 Å². The summed E-state index contributed by atoms with van der Waals surface area (Å²) in [4.78, 5) is 8.60. The van der Waals surface area contributed by atoms with Gasteiger partial charge < -0.3 is 4.52 Å². The third-order valence-corrected chi connectivity index (χ3v) is 3.86. The number of aromatic nitrogens is 5. The van der Waals surface area contributed by atoms with E-state index in [4.69, 9.17) is 4.52 Å². The van der Waals surface area contributed by atoms with Crippen molar-refractivity contribution in [3.8, 4) is 11.4 Å². The topological polar surface area (TPSA) is 80.5 Å². The third kappa shape index (κ3) is 3.95. The number of aromatic amines is 1. The molecule has 120 valence electrons. The smallest absolute Gasteiger partial charge is 0.226 e. The van der Waals surface area contributed by atoms with Gasteiger partial charge in [0, 0.05) is 6.42 Å². The normalized spacial score (nSPS) is 11.3. The number of nitrogens with zero attached hydrogens (tertiary/aromatic N) is 4. The van der Waals surface area contributed by atoms with Gasteiger partial charge in [-0.2, -0.15) is 4.98 Å². The Morgan fingerprint density at radius 1 is 1.26 bits per heavy atom. The Balaban J connectivity index is 1.63. The Bertz CT molecular complexity index is 786. The summed E-state index contributed by atoms with van der Waals surface area (Å²) in [5.74, 6) is 2.26. The van der Waals surface area contributed by atoms with Crippen molar-refractivity contribution in [1.29, 1.82) is 0 Å². The van der Waals surface area contributed by atoms with Crippen LogP contribution in [0.15, 0.2) is 33.9 Å². The minimum absolute atomic E-state index is 0.336. The molecule has 6 nitrogen and oxygen atoms in total. The second-order valence-electron chi connectivity index (χ2n) is 5.44. The van der Waals surface area contributed by atoms with Gasteiger partial charge in [-0.15, -0.1) is 5.10 Å². The summed E-state index contributed by atoms with van der Waals surface area (Å²) >= 11 is 1.37. The van der Waals surface area contributed by atoms with E-state index in [0.29, 0.717) is 39.9 Å². The molecule has 0 saturated heterocycles. The lowest BCUT2D eigenvalue weighted by molar-refractivity contribution is 0.360. The third-order valence-electron chi connectivity index (χ3n) is 3.02. The molecule has 1 aromatic carbocycles. The minimum Gasteiger partial charge on any atom is -0.339 e. The first kappa shape index (κ1) is 15.7. The Labute approximate surface area is 136 Å². The molecular weight excluding hydrogens is 317 g/mol. The Hall–Kier alpha value is -2.22. The molecule has 23 heavy (non-hydrogen) atoms. The van der Waals surface area contributed by atoms with Crippen LogP contribution in [0.4, 0.5) is 4.39 Å². The van der Waals surface area contributed by atoms with E-state index in [-0.39, 0.29) is 5.82 Å². The lowest BCUT2D eigenvalue weighted by Crippen LogP contribution is -1.94. The first-order chi connectivity index (χ1) is 11.1. The van der Waals surface area contributed by atoms with Crippen LogP contribution in [0.1, 0.15) is 25.6 Å². The maximum Gasteiger partial charge on any atom is 0.226 e. The van der Waals surface area contributed by atoms with Gasteiger partial charge in [-0.05, 0) is 18.1 Å². The molecule has 2 aromatic heterocycles. The fourth-order valence-electron chi connectivity index (χ4n) is 1.99. The van der Waals surface area contributed by atoms with Gasteiger partial charge in [0.2, 0.25) is 11.0 Å². The summed E-state index contributed by atoms with van der Waals surface area (Å²) in [5, 5.41) is 11.3. The summed E-state index contributed by atoms with van der Waals surface area (Å²) in [6.07, 6.45) is 0.760. The van der Waals surface area contributed by atoms with Crippen LogP contribution < -0.4 is 0 Å². The van der Waals surface area contributed by atoms with Crippen LogP contribution in [0.2, 0.25) is 0 Å². The van der Waals surface area contributed by atoms with Gasteiger partial charge >= 0.3 is 0 Å². The van der Waals surface area contributed by atoms with Crippen LogP contribution in [0.5, 0.6) is 0 Å². The van der Waals surface area contributed by atoms with Crippen molar-refractivity contribution in [2.24, 2.45) is 5.92 Å². The van der Waals surface area contributed by atoms with Crippen LogP contribution in [0.25, 0.3) is 11.4 Å². The molecule has 0 unspecified atom stereocenters. The Morgan fingerprint density at radius 2 is 2.09 bits per heavy atom.